The number of carbonyl (C=O) groups excluding carboxylic acids is 1. The summed E-state index contributed by atoms with van der Waals surface area (Å²) in [6.07, 6.45) is -0.594. The van der Waals surface area contributed by atoms with E-state index in [2.05, 4.69) is 5.32 Å². The van der Waals surface area contributed by atoms with Gasteiger partial charge in [0.25, 0.3) is 5.91 Å². The summed E-state index contributed by atoms with van der Waals surface area (Å²) in [5.41, 5.74) is 0. The van der Waals surface area contributed by atoms with Crippen molar-refractivity contribution in [3.8, 4) is 0 Å². The third-order valence-corrected chi connectivity index (χ3v) is 4.34. The normalized spacial score (nSPS) is 42.7. The predicted octanol–water partition coefficient (Wildman–Crippen LogP) is -0.617. The van der Waals surface area contributed by atoms with Crippen molar-refractivity contribution in [2.75, 3.05) is 12.8 Å². The van der Waals surface area contributed by atoms with Crippen LogP contribution in [-0.4, -0.2) is 46.5 Å². The maximum atomic E-state index is 11.7. The molecular weight excluding hydrogens is 218 g/mol. The van der Waals surface area contributed by atoms with Crippen LogP contribution in [0.2, 0.25) is 0 Å². The molecule has 4 atom stereocenters. The first-order chi connectivity index (χ1) is 6.94. The second-order valence-corrected chi connectivity index (χ2v) is 5.82. The summed E-state index contributed by atoms with van der Waals surface area (Å²) in [5.74, 6) is -0.527. The van der Waals surface area contributed by atoms with Gasteiger partial charge in [-0.25, -0.2) is 0 Å². The Morgan fingerprint density at radius 3 is 2.80 bits per heavy atom. The Morgan fingerprint density at radius 1 is 1.53 bits per heavy atom. The van der Waals surface area contributed by atoms with Gasteiger partial charge in [-0.15, -0.1) is 0 Å². The van der Waals surface area contributed by atoms with E-state index < -0.39 is 22.2 Å². The van der Waals surface area contributed by atoms with Crippen molar-refractivity contribution in [1.82, 2.24) is 5.32 Å². The fourth-order valence-corrected chi connectivity index (χ4v) is 3.75. The molecule has 0 bridgehead atoms. The number of hydrogen-bond donors (Lipinski definition) is 1. The van der Waals surface area contributed by atoms with Crippen molar-refractivity contribution in [2.45, 2.75) is 37.1 Å². The Labute approximate surface area is 91.7 Å². The van der Waals surface area contributed by atoms with Gasteiger partial charge in [-0.2, -0.15) is 0 Å². The number of amides is 1. The molecule has 0 aromatic heterocycles. The lowest BCUT2D eigenvalue weighted by molar-refractivity contribution is -0.148. The third-order valence-electron chi connectivity index (χ3n) is 2.64. The summed E-state index contributed by atoms with van der Waals surface area (Å²) >= 11 is -1.19. The van der Waals surface area contributed by atoms with Crippen molar-refractivity contribution >= 4 is 17.1 Å². The molecule has 0 radical (unpaired) electrons. The maximum absolute atomic E-state index is 11.7. The first-order valence-electron chi connectivity index (χ1n) is 4.89. The van der Waals surface area contributed by atoms with Crippen LogP contribution in [0.1, 0.15) is 13.8 Å². The molecule has 0 aromatic rings. The zero-order chi connectivity index (χ0) is 11.2. The highest BCUT2D eigenvalue weighted by Crippen LogP contribution is 2.38. The van der Waals surface area contributed by atoms with Gasteiger partial charge in [0.05, 0.1) is 0 Å². The van der Waals surface area contributed by atoms with Crippen LogP contribution in [0.15, 0.2) is 0 Å². The van der Waals surface area contributed by atoms with Crippen LogP contribution in [0.25, 0.3) is 0 Å². The van der Waals surface area contributed by atoms with E-state index in [1.54, 1.807) is 13.8 Å². The summed E-state index contributed by atoms with van der Waals surface area (Å²) in [7, 11) is 1.54. The highest BCUT2D eigenvalue weighted by Gasteiger charge is 2.59. The van der Waals surface area contributed by atoms with Gasteiger partial charge in [0.2, 0.25) is 5.25 Å². The molecule has 6 heteroatoms. The van der Waals surface area contributed by atoms with Gasteiger partial charge in [-0.3, -0.25) is 4.79 Å². The van der Waals surface area contributed by atoms with E-state index in [0.29, 0.717) is 5.75 Å². The van der Waals surface area contributed by atoms with Crippen LogP contribution >= 0.6 is 0 Å². The summed E-state index contributed by atoms with van der Waals surface area (Å²) in [4.78, 5) is 11.5. The molecule has 2 aliphatic heterocycles. The molecule has 1 amide bonds. The van der Waals surface area contributed by atoms with E-state index in [-0.39, 0.29) is 18.1 Å². The Morgan fingerprint density at radius 2 is 2.20 bits per heavy atom. The van der Waals surface area contributed by atoms with E-state index in [4.69, 9.17) is 9.47 Å². The van der Waals surface area contributed by atoms with Crippen LogP contribution in [-0.2, 0) is 25.4 Å². The van der Waals surface area contributed by atoms with Crippen molar-refractivity contribution in [3.63, 3.8) is 0 Å². The molecule has 86 valence electrons. The number of fused-ring (bicyclic) bond motifs is 1. The molecule has 15 heavy (non-hydrogen) atoms. The Hall–Kier alpha value is -0.300. The molecule has 2 rings (SSSR count). The second kappa shape index (κ2) is 3.62. The highest BCUT2D eigenvalue weighted by molar-refractivity contribution is 7.93. The second-order valence-electron chi connectivity index (χ2n) is 4.22. The van der Waals surface area contributed by atoms with Crippen molar-refractivity contribution in [2.24, 2.45) is 0 Å². The lowest BCUT2D eigenvalue weighted by atomic mass is 10.1. The molecule has 0 aliphatic carbocycles. The number of hydrogen-bond acceptors (Lipinski definition) is 4. The lowest BCUT2D eigenvalue weighted by Gasteiger charge is -2.22. The molecule has 0 aromatic carbocycles. The number of nitrogens with one attached hydrogen (secondary N) is 1. The Bertz CT molecular complexity index is 283. The zero-order valence-corrected chi connectivity index (χ0v) is 9.80. The standard InChI is InChI=1S/C9H15NO4S/c1-9(2)13-5-4-15(12)7(6(5)14-9)8(11)10-3/h5-7H,4H2,1-3H3,(H,10,11)/t5-,6-,7-,15-/m0/s1. The topological polar surface area (TPSA) is 70.6 Å². The lowest BCUT2D eigenvalue weighted by Crippen LogP contribution is -2.44. The van der Waals surface area contributed by atoms with Gasteiger partial charge >= 0.3 is 0 Å². The van der Waals surface area contributed by atoms with Crippen molar-refractivity contribution in [1.29, 1.82) is 0 Å². The van der Waals surface area contributed by atoms with E-state index in [1.807, 2.05) is 0 Å². The predicted molar refractivity (Wildman–Crippen MR) is 54.7 cm³/mol. The molecule has 2 fully saturated rings. The zero-order valence-electron chi connectivity index (χ0n) is 8.98. The van der Waals surface area contributed by atoms with Gasteiger partial charge in [0, 0.05) is 7.05 Å². The summed E-state index contributed by atoms with van der Waals surface area (Å²) in [6, 6.07) is 0. The molecule has 2 aliphatic rings. The minimum absolute atomic E-state index is 0.219. The van der Waals surface area contributed by atoms with Crippen molar-refractivity contribution < 1.29 is 18.8 Å². The van der Waals surface area contributed by atoms with E-state index in [0.717, 1.165) is 0 Å². The SMILES string of the molecule is CNC(=O)[C@@H]1[C@H]2OC(C)(C)O[C@H]2C[S@+]1[O-]. The molecule has 1 N–H and O–H groups in total. The van der Waals surface area contributed by atoms with Gasteiger partial charge in [0.1, 0.15) is 18.0 Å². The molecule has 0 saturated carbocycles. The third kappa shape index (κ3) is 1.87. The van der Waals surface area contributed by atoms with Gasteiger partial charge in [-0.05, 0) is 25.0 Å². The van der Waals surface area contributed by atoms with E-state index in [1.165, 1.54) is 7.05 Å². The number of rotatable bonds is 1. The molecule has 2 saturated heterocycles. The highest BCUT2D eigenvalue weighted by atomic mass is 32.2. The maximum Gasteiger partial charge on any atom is 0.275 e. The largest absolute Gasteiger partial charge is 0.616 e. The first-order valence-corrected chi connectivity index (χ1v) is 6.27. The van der Waals surface area contributed by atoms with Gasteiger partial charge in [-0.1, -0.05) is 0 Å². The monoisotopic (exact) mass is 233 g/mol. The van der Waals surface area contributed by atoms with E-state index >= 15 is 0 Å². The van der Waals surface area contributed by atoms with Gasteiger partial charge < -0.3 is 19.3 Å². The van der Waals surface area contributed by atoms with Crippen LogP contribution in [0, 0.1) is 0 Å². The van der Waals surface area contributed by atoms with Crippen LogP contribution in [0.5, 0.6) is 0 Å². The summed E-state index contributed by atoms with van der Waals surface area (Å²) in [6.45, 7) is 3.60. The van der Waals surface area contributed by atoms with Crippen molar-refractivity contribution in [3.05, 3.63) is 0 Å². The Balaban J connectivity index is 2.15. The smallest absolute Gasteiger partial charge is 0.275 e. The summed E-state index contributed by atoms with van der Waals surface area (Å²) in [5, 5.41) is 1.91. The average molecular weight is 233 g/mol. The fourth-order valence-electron chi connectivity index (χ4n) is 2.07. The average Bonchev–Trinajstić information content (AvgIpc) is 2.54. The molecule has 5 nitrogen and oxygen atoms in total. The molecule has 0 spiro atoms. The number of ether oxygens (including phenoxy) is 2. The first kappa shape index (κ1) is 11.2. The van der Waals surface area contributed by atoms with Crippen LogP contribution in [0.4, 0.5) is 0 Å². The fraction of sp³-hybridized carbons (Fsp3) is 0.889. The van der Waals surface area contributed by atoms with Crippen LogP contribution < -0.4 is 5.32 Å². The summed E-state index contributed by atoms with van der Waals surface area (Å²) < 4.78 is 22.9. The van der Waals surface area contributed by atoms with Crippen LogP contribution in [0.3, 0.4) is 0 Å². The van der Waals surface area contributed by atoms with Gasteiger partial charge in [0.15, 0.2) is 5.79 Å². The minimum Gasteiger partial charge on any atom is -0.616 e. The van der Waals surface area contributed by atoms with E-state index in [9.17, 15) is 9.35 Å². The minimum atomic E-state index is -1.19. The molecule has 2 heterocycles. The molecular formula is C9H15NO4S. The quantitative estimate of drug-likeness (QED) is 0.613. The Kier molecular flexibility index (Phi) is 2.70. The number of carbonyl (C=O) groups is 1. The molecule has 0 unspecified atom stereocenters.